The molecule has 0 spiro atoms. The quantitative estimate of drug-likeness (QED) is 0.920. The maximum atomic E-state index is 13.6. The van der Waals surface area contributed by atoms with Crippen LogP contribution in [0.3, 0.4) is 0 Å². The fourth-order valence-electron chi connectivity index (χ4n) is 2.29. The number of benzene rings is 2. The van der Waals surface area contributed by atoms with Gasteiger partial charge in [0, 0.05) is 6.42 Å². The summed E-state index contributed by atoms with van der Waals surface area (Å²) in [6.45, 7) is 3.95. The van der Waals surface area contributed by atoms with Gasteiger partial charge in [0.05, 0.1) is 13.2 Å². The molecule has 0 bridgehead atoms. The van der Waals surface area contributed by atoms with Crippen molar-refractivity contribution in [2.75, 3.05) is 7.11 Å². The van der Waals surface area contributed by atoms with Crippen molar-refractivity contribution in [3.63, 3.8) is 0 Å². The van der Waals surface area contributed by atoms with Crippen molar-refractivity contribution in [3.05, 3.63) is 64.5 Å². The van der Waals surface area contributed by atoms with E-state index in [-0.39, 0.29) is 5.75 Å². The Morgan fingerprint density at radius 2 is 1.90 bits per heavy atom. The topological polar surface area (TPSA) is 29.5 Å². The minimum absolute atomic E-state index is 0.218. The molecule has 106 valence electrons. The molecule has 0 saturated heterocycles. The van der Waals surface area contributed by atoms with Gasteiger partial charge >= 0.3 is 0 Å². The van der Waals surface area contributed by atoms with Gasteiger partial charge in [-0.1, -0.05) is 29.8 Å². The smallest absolute Gasteiger partial charge is 0.165 e. The molecule has 2 rings (SSSR count). The molecule has 0 aliphatic rings. The number of rotatable bonds is 4. The molecule has 0 aliphatic carbocycles. The first kappa shape index (κ1) is 14.5. The zero-order valence-corrected chi connectivity index (χ0v) is 12.0. The van der Waals surface area contributed by atoms with E-state index in [1.54, 1.807) is 12.1 Å². The predicted octanol–water partition coefficient (Wildman–Crippen LogP) is 3.73. The highest BCUT2D eigenvalue weighted by Crippen LogP contribution is 2.25. The van der Waals surface area contributed by atoms with Gasteiger partial charge in [0.15, 0.2) is 11.6 Å². The molecule has 0 aliphatic heterocycles. The summed E-state index contributed by atoms with van der Waals surface area (Å²) in [5.41, 5.74) is 3.78. The molecule has 3 heteroatoms. The highest BCUT2D eigenvalue weighted by molar-refractivity contribution is 5.34. The summed E-state index contributed by atoms with van der Waals surface area (Å²) in [5.74, 6) is -0.187. The van der Waals surface area contributed by atoms with Crippen molar-refractivity contribution in [3.8, 4) is 5.75 Å². The number of aliphatic hydroxyl groups excluding tert-OH is 1. The normalized spacial score (nSPS) is 12.2. The first-order valence-corrected chi connectivity index (χ1v) is 6.59. The van der Waals surface area contributed by atoms with Crippen LogP contribution in [-0.2, 0) is 6.42 Å². The van der Waals surface area contributed by atoms with Crippen LogP contribution in [-0.4, -0.2) is 12.2 Å². The van der Waals surface area contributed by atoms with E-state index in [2.05, 4.69) is 0 Å². The Morgan fingerprint density at radius 3 is 2.55 bits per heavy atom. The van der Waals surface area contributed by atoms with Gasteiger partial charge in [-0.25, -0.2) is 4.39 Å². The molecule has 0 fully saturated rings. The number of ether oxygens (including phenoxy) is 1. The second-order valence-electron chi connectivity index (χ2n) is 5.05. The van der Waals surface area contributed by atoms with Crippen LogP contribution in [0, 0.1) is 19.7 Å². The largest absolute Gasteiger partial charge is 0.494 e. The molecular weight excluding hydrogens is 255 g/mol. The minimum atomic E-state index is -0.636. The van der Waals surface area contributed by atoms with Crippen LogP contribution >= 0.6 is 0 Å². The zero-order valence-electron chi connectivity index (χ0n) is 12.0. The van der Waals surface area contributed by atoms with Crippen LogP contribution < -0.4 is 4.74 Å². The van der Waals surface area contributed by atoms with E-state index in [1.165, 1.54) is 13.2 Å². The van der Waals surface area contributed by atoms with Gasteiger partial charge in [0.1, 0.15) is 0 Å². The highest BCUT2D eigenvalue weighted by Gasteiger charge is 2.13. The first-order chi connectivity index (χ1) is 9.51. The summed E-state index contributed by atoms with van der Waals surface area (Å²) < 4.78 is 18.5. The summed E-state index contributed by atoms with van der Waals surface area (Å²) in [7, 11) is 1.43. The summed E-state index contributed by atoms with van der Waals surface area (Å²) in [4.78, 5) is 0. The monoisotopic (exact) mass is 274 g/mol. The van der Waals surface area contributed by atoms with E-state index in [0.717, 1.165) is 22.3 Å². The van der Waals surface area contributed by atoms with Gasteiger partial charge in [-0.2, -0.15) is 0 Å². The maximum Gasteiger partial charge on any atom is 0.165 e. The fraction of sp³-hybridized carbons (Fsp3) is 0.294. The first-order valence-electron chi connectivity index (χ1n) is 6.59. The summed E-state index contributed by atoms with van der Waals surface area (Å²) in [5, 5.41) is 10.3. The predicted molar refractivity (Wildman–Crippen MR) is 77.5 cm³/mol. The van der Waals surface area contributed by atoms with Gasteiger partial charge in [0.2, 0.25) is 0 Å². The number of hydrogen-bond acceptors (Lipinski definition) is 2. The third-order valence-electron chi connectivity index (χ3n) is 3.44. The Kier molecular flexibility index (Phi) is 4.40. The fourth-order valence-corrected chi connectivity index (χ4v) is 2.29. The lowest BCUT2D eigenvalue weighted by atomic mass is 9.96. The van der Waals surface area contributed by atoms with E-state index in [1.807, 2.05) is 32.0 Å². The Bertz CT molecular complexity index is 608. The van der Waals surface area contributed by atoms with Crippen LogP contribution in [0.15, 0.2) is 36.4 Å². The van der Waals surface area contributed by atoms with Crippen molar-refractivity contribution in [2.24, 2.45) is 0 Å². The summed E-state index contributed by atoms with van der Waals surface area (Å²) in [6.07, 6.45) is -0.256. The van der Waals surface area contributed by atoms with E-state index in [4.69, 9.17) is 4.74 Å². The molecule has 0 amide bonds. The molecule has 1 unspecified atom stereocenters. The molecule has 20 heavy (non-hydrogen) atoms. The van der Waals surface area contributed by atoms with Gasteiger partial charge < -0.3 is 9.84 Å². The van der Waals surface area contributed by atoms with Crippen LogP contribution in [0.25, 0.3) is 0 Å². The molecule has 2 nitrogen and oxygen atoms in total. The molecule has 0 radical (unpaired) electrons. The van der Waals surface area contributed by atoms with Crippen molar-refractivity contribution in [1.29, 1.82) is 0 Å². The van der Waals surface area contributed by atoms with E-state index in [9.17, 15) is 9.50 Å². The third kappa shape index (κ3) is 3.17. The molecule has 1 N–H and O–H groups in total. The summed E-state index contributed by atoms with van der Waals surface area (Å²) >= 11 is 0. The number of aryl methyl sites for hydroxylation is 2. The van der Waals surface area contributed by atoms with Crippen molar-refractivity contribution in [1.82, 2.24) is 0 Å². The average Bonchev–Trinajstić information content (AvgIpc) is 2.41. The Balaban J connectivity index is 2.21. The highest BCUT2D eigenvalue weighted by atomic mass is 19.1. The van der Waals surface area contributed by atoms with Crippen LogP contribution in [0.2, 0.25) is 0 Å². The molecule has 0 aromatic heterocycles. The molecular formula is C17H19FO2. The van der Waals surface area contributed by atoms with Gasteiger partial charge in [-0.15, -0.1) is 0 Å². The Labute approximate surface area is 118 Å². The minimum Gasteiger partial charge on any atom is -0.494 e. The SMILES string of the molecule is COc1ccc(CC(O)c2cc(C)ccc2C)cc1F. The standard InChI is InChI=1S/C17H19FO2/c1-11-4-5-12(2)14(8-11)16(19)10-13-6-7-17(20-3)15(18)9-13/h4-9,16,19H,10H2,1-3H3. The molecule has 1 atom stereocenters. The molecule has 2 aromatic rings. The van der Waals surface area contributed by atoms with Crippen molar-refractivity contribution >= 4 is 0 Å². The lowest BCUT2D eigenvalue weighted by molar-refractivity contribution is 0.177. The second-order valence-corrected chi connectivity index (χ2v) is 5.05. The number of methoxy groups -OCH3 is 1. The number of halogens is 1. The third-order valence-corrected chi connectivity index (χ3v) is 3.44. The Morgan fingerprint density at radius 1 is 1.15 bits per heavy atom. The van der Waals surface area contributed by atoms with Crippen LogP contribution in [0.5, 0.6) is 5.75 Å². The maximum absolute atomic E-state index is 13.6. The van der Waals surface area contributed by atoms with Crippen LogP contribution in [0.4, 0.5) is 4.39 Å². The van der Waals surface area contributed by atoms with Crippen molar-refractivity contribution < 1.29 is 14.2 Å². The molecule has 0 saturated carbocycles. The van der Waals surface area contributed by atoms with Gasteiger partial charge in [-0.05, 0) is 42.7 Å². The lowest BCUT2D eigenvalue weighted by Crippen LogP contribution is -2.05. The summed E-state index contributed by atoms with van der Waals surface area (Å²) in [6, 6.07) is 10.7. The van der Waals surface area contributed by atoms with Gasteiger partial charge in [-0.3, -0.25) is 0 Å². The number of aliphatic hydroxyl groups is 1. The van der Waals surface area contributed by atoms with E-state index >= 15 is 0 Å². The zero-order chi connectivity index (χ0) is 14.7. The number of hydrogen-bond donors (Lipinski definition) is 1. The average molecular weight is 274 g/mol. The second kappa shape index (κ2) is 6.06. The molecule has 2 aromatic carbocycles. The van der Waals surface area contributed by atoms with Gasteiger partial charge in [0.25, 0.3) is 0 Å². The van der Waals surface area contributed by atoms with E-state index in [0.29, 0.717) is 6.42 Å². The lowest BCUT2D eigenvalue weighted by Gasteiger charge is -2.15. The van der Waals surface area contributed by atoms with E-state index < -0.39 is 11.9 Å². The van der Waals surface area contributed by atoms with Crippen molar-refractivity contribution in [2.45, 2.75) is 26.4 Å². The Hall–Kier alpha value is -1.87. The molecule has 0 heterocycles. The van der Waals surface area contributed by atoms with Crippen LogP contribution in [0.1, 0.15) is 28.4 Å².